The number of aromatic hydroxyl groups is 4. The van der Waals surface area contributed by atoms with Crippen LogP contribution in [0.25, 0.3) is 6.08 Å². The lowest BCUT2D eigenvalue weighted by atomic mass is 9.97. The van der Waals surface area contributed by atoms with E-state index in [4.69, 9.17) is 23.7 Å². The molecule has 0 bridgehead atoms. The van der Waals surface area contributed by atoms with Gasteiger partial charge in [0, 0.05) is 6.08 Å². The van der Waals surface area contributed by atoms with E-state index in [-0.39, 0.29) is 30.3 Å². The zero-order chi connectivity index (χ0) is 31.3. The number of carbonyl (C=O) groups is 1. The first kappa shape index (κ1) is 32.4. The molecule has 8 atom stereocenters. The van der Waals surface area contributed by atoms with Crippen molar-refractivity contribution in [1.29, 1.82) is 0 Å². The van der Waals surface area contributed by atoms with Gasteiger partial charge in [0.2, 0.25) is 0 Å². The van der Waals surface area contributed by atoms with Crippen LogP contribution in [0.15, 0.2) is 42.5 Å². The predicted molar refractivity (Wildman–Crippen MR) is 143 cm³/mol. The summed E-state index contributed by atoms with van der Waals surface area (Å²) < 4.78 is 27.9. The zero-order valence-corrected chi connectivity index (χ0v) is 22.7. The summed E-state index contributed by atoms with van der Waals surface area (Å²) in [5.41, 5.74) is -1.13. The van der Waals surface area contributed by atoms with Crippen LogP contribution in [0.4, 0.5) is 0 Å². The molecule has 0 unspecified atom stereocenters. The Morgan fingerprint density at radius 3 is 2.28 bits per heavy atom. The highest BCUT2D eigenvalue weighted by molar-refractivity contribution is 5.87. The largest absolute Gasteiger partial charge is 0.504 e. The standard InChI is InChI=1S/C28H34O15/c29-11-20-23(42-21(35)6-3-14-1-4-16(31)18(33)9-14)22(36)24(43-27-25(37)28(38,12-30)13-40-27)26(41-20)39-8-7-15-2-5-17(32)19(34)10-15/h1-6,9-10,20,22-27,29-34,36-38H,7-8,11-13H2/t20-,22+,23+,24-,25+,26+,27-,28-/m0/s1. The quantitative estimate of drug-likeness (QED) is 0.0806. The van der Waals surface area contributed by atoms with Crippen molar-refractivity contribution in [2.45, 2.75) is 55.1 Å². The van der Waals surface area contributed by atoms with E-state index < -0.39 is 80.2 Å². The van der Waals surface area contributed by atoms with Crippen molar-refractivity contribution in [3.63, 3.8) is 0 Å². The number of benzene rings is 2. The van der Waals surface area contributed by atoms with Crippen molar-refractivity contribution in [1.82, 2.24) is 0 Å². The molecule has 15 nitrogen and oxygen atoms in total. The normalized spacial score (nSPS) is 31.0. The summed E-state index contributed by atoms with van der Waals surface area (Å²) in [6.45, 7) is -2.16. The highest BCUT2D eigenvalue weighted by Gasteiger charge is 2.54. The summed E-state index contributed by atoms with van der Waals surface area (Å²) in [5.74, 6) is -2.39. The van der Waals surface area contributed by atoms with E-state index in [2.05, 4.69) is 0 Å². The van der Waals surface area contributed by atoms with E-state index in [0.717, 1.165) is 6.08 Å². The van der Waals surface area contributed by atoms with Gasteiger partial charge >= 0.3 is 5.97 Å². The van der Waals surface area contributed by atoms with Crippen molar-refractivity contribution in [2.24, 2.45) is 0 Å². The molecule has 236 valence electrons. The maximum atomic E-state index is 12.6. The average Bonchev–Trinajstić information content (AvgIpc) is 3.27. The maximum absolute atomic E-state index is 12.6. The monoisotopic (exact) mass is 610 g/mol. The first-order valence-corrected chi connectivity index (χ1v) is 13.2. The lowest BCUT2D eigenvalue weighted by molar-refractivity contribution is -0.336. The van der Waals surface area contributed by atoms with Crippen LogP contribution in [0.1, 0.15) is 11.1 Å². The van der Waals surface area contributed by atoms with Gasteiger partial charge in [-0.15, -0.1) is 0 Å². The SMILES string of the molecule is O=C(C=Cc1ccc(O)c(O)c1)O[C@H]1[C@@H](O)[C@H](O[C@@H]2OC[C@@](O)(CO)[C@@H]2O)[C@H](OCCc2ccc(O)c(O)c2)O[C@H]1CO. The molecule has 0 radical (unpaired) electrons. The summed E-state index contributed by atoms with van der Waals surface area (Å²) in [7, 11) is 0. The second kappa shape index (κ2) is 13.9. The molecule has 2 aromatic rings. The number of ether oxygens (including phenoxy) is 5. The van der Waals surface area contributed by atoms with Crippen LogP contribution in [0.3, 0.4) is 0 Å². The third-order valence-electron chi connectivity index (χ3n) is 7.04. The Hall–Kier alpha value is -3.51. The van der Waals surface area contributed by atoms with Crippen molar-refractivity contribution < 1.29 is 74.4 Å². The molecular weight excluding hydrogens is 576 g/mol. The van der Waals surface area contributed by atoms with Gasteiger partial charge in [-0.05, 0) is 47.9 Å². The molecule has 2 aliphatic heterocycles. The van der Waals surface area contributed by atoms with Crippen LogP contribution in [0.5, 0.6) is 23.0 Å². The van der Waals surface area contributed by atoms with Gasteiger partial charge in [-0.1, -0.05) is 12.1 Å². The van der Waals surface area contributed by atoms with Crippen LogP contribution in [-0.4, -0.2) is 127 Å². The van der Waals surface area contributed by atoms with Crippen LogP contribution in [0, 0.1) is 0 Å². The second-order valence-corrected chi connectivity index (χ2v) is 10.1. The molecule has 0 saturated carbocycles. The van der Waals surface area contributed by atoms with E-state index in [1.54, 1.807) is 6.07 Å². The number of phenolic OH excluding ortho intramolecular Hbond substituents is 4. The highest BCUT2D eigenvalue weighted by atomic mass is 16.8. The third-order valence-corrected chi connectivity index (χ3v) is 7.04. The molecule has 0 aromatic heterocycles. The van der Waals surface area contributed by atoms with Gasteiger partial charge in [0.1, 0.15) is 30.0 Å². The Balaban J connectivity index is 1.49. The molecule has 43 heavy (non-hydrogen) atoms. The Morgan fingerprint density at radius 1 is 0.953 bits per heavy atom. The highest BCUT2D eigenvalue weighted by Crippen LogP contribution is 2.33. The molecule has 2 fully saturated rings. The topological polar surface area (TPSA) is 245 Å². The number of aliphatic hydroxyl groups is 5. The van der Waals surface area contributed by atoms with Crippen molar-refractivity contribution in [2.75, 3.05) is 26.4 Å². The van der Waals surface area contributed by atoms with Crippen molar-refractivity contribution in [3.05, 3.63) is 53.6 Å². The van der Waals surface area contributed by atoms with Crippen LogP contribution in [-0.2, 0) is 34.9 Å². The number of phenols is 4. The molecule has 4 rings (SSSR count). The van der Waals surface area contributed by atoms with Gasteiger partial charge in [-0.25, -0.2) is 4.79 Å². The van der Waals surface area contributed by atoms with Gasteiger partial charge in [-0.2, -0.15) is 0 Å². The summed E-state index contributed by atoms with van der Waals surface area (Å²) in [4.78, 5) is 12.6. The molecule has 9 N–H and O–H groups in total. The Morgan fingerprint density at radius 2 is 1.65 bits per heavy atom. The average molecular weight is 611 g/mol. The number of hydrogen-bond donors (Lipinski definition) is 9. The Kier molecular flexibility index (Phi) is 10.4. The summed E-state index contributed by atoms with van der Waals surface area (Å²) >= 11 is 0. The van der Waals surface area contributed by atoms with Gasteiger partial charge in [-0.3, -0.25) is 0 Å². The summed E-state index contributed by atoms with van der Waals surface area (Å²) in [6, 6.07) is 7.98. The summed E-state index contributed by atoms with van der Waals surface area (Å²) in [6.07, 6.45) is -8.38. The lowest BCUT2D eigenvalue weighted by Gasteiger charge is -2.43. The number of aliphatic hydroxyl groups excluding tert-OH is 4. The molecule has 0 amide bonds. The van der Waals surface area contributed by atoms with E-state index in [9.17, 15) is 50.8 Å². The molecule has 2 heterocycles. The second-order valence-electron chi connectivity index (χ2n) is 10.1. The molecule has 2 aromatic carbocycles. The first-order chi connectivity index (χ1) is 20.4. The molecule has 15 heteroatoms. The first-order valence-electron chi connectivity index (χ1n) is 13.2. The number of carbonyl (C=O) groups excluding carboxylic acids is 1. The Bertz CT molecular complexity index is 1280. The number of rotatable bonds is 11. The maximum Gasteiger partial charge on any atom is 0.331 e. The van der Waals surface area contributed by atoms with Gasteiger partial charge in [0.05, 0.1) is 26.4 Å². The predicted octanol–water partition coefficient (Wildman–Crippen LogP) is -1.40. The van der Waals surface area contributed by atoms with Crippen LogP contribution < -0.4 is 0 Å². The van der Waals surface area contributed by atoms with Gasteiger partial charge < -0.3 is 69.6 Å². The van der Waals surface area contributed by atoms with Crippen molar-refractivity contribution in [3.8, 4) is 23.0 Å². The minimum atomic E-state index is -2.05. The fourth-order valence-corrected chi connectivity index (χ4v) is 4.53. The van der Waals surface area contributed by atoms with Gasteiger partial charge in [0.15, 0.2) is 41.7 Å². The molecule has 2 saturated heterocycles. The smallest absolute Gasteiger partial charge is 0.331 e. The van der Waals surface area contributed by atoms with Gasteiger partial charge in [0.25, 0.3) is 0 Å². The fraction of sp³-hybridized carbons (Fsp3) is 0.464. The molecule has 0 aliphatic carbocycles. The minimum absolute atomic E-state index is 0.0824. The summed E-state index contributed by atoms with van der Waals surface area (Å²) in [5, 5.41) is 89.8. The van der Waals surface area contributed by atoms with E-state index >= 15 is 0 Å². The van der Waals surface area contributed by atoms with Crippen LogP contribution in [0.2, 0.25) is 0 Å². The molecular formula is C28H34O15. The third kappa shape index (κ3) is 7.53. The Labute approximate surface area is 245 Å². The lowest BCUT2D eigenvalue weighted by Crippen LogP contribution is -2.62. The van der Waals surface area contributed by atoms with E-state index in [1.807, 2.05) is 0 Å². The molecule has 2 aliphatic rings. The van der Waals surface area contributed by atoms with E-state index in [0.29, 0.717) is 11.1 Å². The van der Waals surface area contributed by atoms with Crippen molar-refractivity contribution >= 4 is 12.0 Å². The number of esters is 1. The minimum Gasteiger partial charge on any atom is -0.504 e. The molecule has 0 spiro atoms. The zero-order valence-electron chi connectivity index (χ0n) is 22.7. The van der Waals surface area contributed by atoms with E-state index in [1.165, 1.54) is 36.4 Å². The number of hydrogen-bond acceptors (Lipinski definition) is 15. The van der Waals surface area contributed by atoms with Crippen LogP contribution >= 0.6 is 0 Å². The fourth-order valence-electron chi connectivity index (χ4n) is 4.53.